The van der Waals surface area contributed by atoms with Crippen molar-refractivity contribution in [2.75, 3.05) is 6.61 Å². The van der Waals surface area contributed by atoms with Gasteiger partial charge in [-0.25, -0.2) is 0 Å². The maximum absolute atomic E-state index is 6.04. The Morgan fingerprint density at radius 1 is 1.58 bits per heavy atom. The Hall–Kier alpha value is 0.864. The van der Waals surface area contributed by atoms with E-state index in [-0.39, 0.29) is 0 Å². The van der Waals surface area contributed by atoms with Crippen molar-refractivity contribution in [2.45, 2.75) is 31.6 Å². The van der Waals surface area contributed by atoms with Crippen molar-refractivity contribution in [1.29, 1.82) is 0 Å². The first-order valence-electron chi connectivity index (χ1n) is 4.46. The Bertz CT molecular complexity index is 184. The predicted octanol–water partition coefficient (Wildman–Crippen LogP) is 3.26. The van der Waals surface area contributed by atoms with E-state index < -0.39 is 12.9 Å². The number of rotatable bonds is 2. The first kappa shape index (κ1) is 10.9. The number of allylic oxidation sites excluding steroid dienone is 1. The molecular weight excluding hydrogens is 295 g/mol. The minimum absolute atomic E-state index is 1.00. The topological polar surface area (TPSA) is 9.23 Å². The van der Waals surface area contributed by atoms with E-state index in [9.17, 15) is 0 Å². The smallest absolute Gasteiger partial charge is 0.192 e. The Kier molecular flexibility index (Phi) is 3.59. The van der Waals surface area contributed by atoms with Crippen LogP contribution in [0.15, 0.2) is 12.7 Å². The second-order valence-corrected chi connectivity index (χ2v) is 26.6. The van der Waals surface area contributed by atoms with Gasteiger partial charge in [-0.05, 0) is 25.1 Å². The van der Waals surface area contributed by atoms with Gasteiger partial charge in [0.15, 0.2) is 7.83 Å². The molecule has 1 rings (SSSR count). The molecule has 0 aliphatic carbocycles. The Labute approximate surface area is 89.7 Å². The standard InChI is InChI=1S/C8H17IOSi2/c1-4-7-12(3)10-6-5-8-11(12,2)9/h4H,1,5-8H2,2-3H3. The molecule has 1 saturated heterocycles. The Balaban J connectivity index is 2.76. The van der Waals surface area contributed by atoms with Crippen LogP contribution in [0.5, 0.6) is 0 Å². The number of hydrogen-bond acceptors (Lipinski definition) is 1. The van der Waals surface area contributed by atoms with Crippen LogP contribution in [0, 0.1) is 0 Å². The van der Waals surface area contributed by atoms with Crippen molar-refractivity contribution in [3.8, 4) is 0 Å². The van der Waals surface area contributed by atoms with Crippen molar-refractivity contribution in [3.63, 3.8) is 0 Å². The first-order valence-corrected chi connectivity index (χ1v) is 13.9. The SMILES string of the molecule is C=CC[Si]1(C)OCCC[Si]1(C)I. The van der Waals surface area contributed by atoms with Crippen molar-refractivity contribution >= 4 is 34.7 Å². The predicted molar refractivity (Wildman–Crippen MR) is 67.6 cm³/mol. The summed E-state index contributed by atoms with van der Waals surface area (Å²) in [5, 5.41) is -1.05. The molecule has 1 aliphatic heterocycles. The van der Waals surface area contributed by atoms with Gasteiger partial charge in [0, 0.05) is 6.61 Å². The quantitative estimate of drug-likeness (QED) is 0.329. The van der Waals surface area contributed by atoms with Gasteiger partial charge in [-0.3, -0.25) is 0 Å². The van der Waals surface area contributed by atoms with E-state index in [1.807, 2.05) is 0 Å². The molecule has 0 bridgehead atoms. The van der Waals surface area contributed by atoms with Crippen molar-refractivity contribution in [2.24, 2.45) is 0 Å². The van der Waals surface area contributed by atoms with Crippen LogP contribution in [0.1, 0.15) is 6.42 Å². The molecule has 0 radical (unpaired) electrons. The minimum Gasteiger partial charge on any atom is -0.419 e. The van der Waals surface area contributed by atoms with E-state index in [4.69, 9.17) is 4.43 Å². The maximum Gasteiger partial charge on any atom is 0.192 e. The van der Waals surface area contributed by atoms with Crippen LogP contribution in [0.25, 0.3) is 0 Å². The van der Waals surface area contributed by atoms with Gasteiger partial charge < -0.3 is 4.43 Å². The Morgan fingerprint density at radius 2 is 2.25 bits per heavy atom. The highest BCUT2D eigenvalue weighted by Crippen LogP contribution is 2.38. The summed E-state index contributed by atoms with van der Waals surface area (Å²) in [6.45, 7) is 9.71. The van der Waals surface area contributed by atoms with Gasteiger partial charge in [0.2, 0.25) is 0 Å². The molecular formula is C8H17IOSi2. The van der Waals surface area contributed by atoms with Gasteiger partial charge in [-0.2, -0.15) is 0 Å². The van der Waals surface area contributed by atoms with Crippen LogP contribution in [0.3, 0.4) is 0 Å². The Morgan fingerprint density at radius 3 is 2.75 bits per heavy atom. The van der Waals surface area contributed by atoms with Crippen molar-refractivity contribution in [1.82, 2.24) is 0 Å². The fourth-order valence-electron chi connectivity index (χ4n) is 1.66. The second-order valence-electron chi connectivity index (χ2n) is 3.87. The van der Waals surface area contributed by atoms with Crippen molar-refractivity contribution < 1.29 is 4.43 Å². The number of hydrogen-bond donors (Lipinski definition) is 0. The summed E-state index contributed by atoms with van der Waals surface area (Å²) in [7, 11) is -1.36. The monoisotopic (exact) mass is 312 g/mol. The lowest BCUT2D eigenvalue weighted by atomic mass is 10.5. The zero-order valence-corrected chi connectivity index (χ0v) is 12.1. The fourth-order valence-corrected chi connectivity index (χ4v) is 14.6. The van der Waals surface area contributed by atoms with Gasteiger partial charge in [-0.1, -0.05) is 12.6 Å². The summed E-state index contributed by atoms with van der Waals surface area (Å²) >= 11 is 2.72. The van der Waals surface area contributed by atoms with E-state index in [1.165, 1.54) is 12.5 Å². The molecule has 1 heterocycles. The van der Waals surface area contributed by atoms with E-state index in [0.717, 1.165) is 12.7 Å². The molecule has 0 aromatic heterocycles. The summed E-state index contributed by atoms with van der Waals surface area (Å²) in [5.41, 5.74) is 0. The summed E-state index contributed by atoms with van der Waals surface area (Å²) in [4.78, 5) is 0. The normalized spacial score (nSPS) is 42.6. The number of halogens is 1. The summed E-state index contributed by atoms with van der Waals surface area (Å²) in [6.07, 6.45) is 3.34. The molecule has 0 N–H and O–H groups in total. The first-order chi connectivity index (χ1) is 5.52. The highest BCUT2D eigenvalue weighted by atomic mass is 127. The largest absolute Gasteiger partial charge is 0.419 e. The summed E-state index contributed by atoms with van der Waals surface area (Å²) in [5.74, 6) is 0. The molecule has 70 valence electrons. The molecule has 0 aromatic rings. The molecule has 1 aliphatic rings. The van der Waals surface area contributed by atoms with Crippen LogP contribution >= 0.6 is 21.8 Å². The minimum atomic E-state index is -1.36. The van der Waals surface area contributed by atoms with Crippen LogP contribution in [0.2, 0.25) is 25.2 Å². The lowest BCUT2D eigenvalue weighted by molar-refractivity contribution is 0.307. The molecule has 1 nitrogen and oxygen atoms in total. The zero-order chi connectivity index (χ0) is 9.24. The third kappa shape index (κ3) is 2.02. The van der Waals surface area contributed by atoms with Gasteiger partial charge in [0.1, 0.15) is 5.09 Å². The second kappa shape index (κ2) is 3.93. The average Bonchev–Trinajstić information content (AvgIpc) is 1.96. The molecule has 1 fully saturated rings. The lowest BCUT2D eigenvalue weighted by Gasteiger charge is -2.42. The molecule has 12 heavy (non-hydrogen) atoms. The molecule has 4 heteroatoms. The van der Waals surface area contributed by atoms with Crippen molar-refractivity contribution in [3.05, 3.63) is 12.7 Å². The van der Waals surface area contributed by atoms with Gasteiger partial charge in [-0.15, -0.1) is 28.4 Å². The molecule has 0 spiro atoms. The van der Waals surface area contributed by atoms with Crippen LogP contribution in [-0.4, -0.2) is 19.5 Å². The summed E-state index contributed by atoms with van der Waals surface area (Å²) in [6, 6.07) is 2.60. The molecule has 0 amide bonds. The van der Waals surface area contributed by atoms with Gasteiger partial charge >= 0.3 is 0 Å². The molecule has 2 atom stereocenters. The van der Waals surface area contributed by atoms with Gasteiger partial charge in [0.05, 0.1) is 0 Å². The highest BCUT2D eigenvalue weighted by Gasteiger charge is 2.49. The molecule has 2 unspecified atom stereocenters. The molecule has 0 saturated carbocycles. The third-order valence-corrected chi connectivity index (χ3v) is 28.6. The van der Waals surface area contributed by atoms with E-state index >= 15 is 0 Å². The van der Waals surface area contributed by atoms with Crippen LogP contribution < -0.4 is 0 Å². The van der Waals surface area contributed by atoms with Gasteiger partial charge in [0.25, 0.3) is 0 Å². The van der Waals surface area contributed by atoms with Crippen LogP contribution in [-0.2, 0) is 4.43 Å². The lowest BCUT2D eigenvalue weighted by Crippen LogP contribution is -2.59. The van der Waals surface area contributed by atoms with E-state index in [2.05, 4.69) is 47.5 Å². The fraction of sp³-hybridized carbons (Fsp3) is 0.750. The van der Waals surface area contributed by atoms with E-state index in [1.54, 1.807) is 0 Å². The molecule has 0 aromatic carbocycles. The van der Waals surface area contributed by atoms with E-state index in [0.29, 0.717) is 0 Å². The summed E-state index contributed by atoms with van der Waals surface area (Å²) < 4.78 is 6.04. The third-order valence-electron chi connectivity index (χ3n) is 2.85. The maximum atomic E-state index is 6.04. The zero-order valence-electron chi connectivity index (χ0n) is 7.90. The van der Waals surface area contributed by atoms with Crippen LogP contribution in [0.4, 0.5) is 0 Å². The highest BCUT2D eigenvalue weighted by molar-refractivity contribution is 14.1. The average molecular weight is 312 g/mol.